The highest BCUT2D eigenvalue weighted by Crippen LogP contribution is 2.16. The molecule has 0 radical (unpaired) electrons. The molecule has 0 aliphatic heterocycles. The second kappa shape index (κ2) is 5.68. The highest BCUT2D eigenvalue weighted by molar-refractivity contribution is 6.33. The minimum absolute atomic E-state index is 0.0911. The van der Waals surface area contributed by atoms with Crippen molar-refractivity contribution in [1.82, 2.24) is 15.5 Å². The molecular weight excluding hydrogens is 270 g/mol. The molecule has 0 saturated carbocycles. The molecule has 0 atom stereocenters. The summed E-state index contributed by atoms with van der Waals surface area (Å²) in [6.07, 6.45) is 0. The van der Waals surface area contributed by atoms with E-state index in [9.17, 15) is 4.79 Å². The SMILES string of the molecule is Cc1cc(CNC(=O)c2nc(NN)ccc2Cl)on1. The number of aryl methyl sites for hydroxylation is 1. The van der Waals surface area contributed by atoms with Gasteiger partial charge in [0, 0.05) is 6.07 Å². The van der Waals surface area contributed by atoms with E-state index >= 15 is 0 Å². The number of nitrogens with two attached hydrogens (primary N) is 1. The van der Waals surface area contributed by atoms with Gasteiger partial charge in [-0.2, -0.15) is 0 Å². The topological polar surface area (TPSA) is 106 Å². The first kappa shape index (κ1) is 13.3. The molecule has 0 bridgehead atoms. The lowest BCUT2D eigenvalue weighted by atomic mass is 10.3. The molecule has 0 spiro atoms. The molecule has 100 valence electrons. The number of nitrogens with zero attached hydrogens (tertiary/aromatic N) is 2. The van der Waals surface area contributed by atoms with E-state index in [0.717, 1.165) is 5.69 Å². The number of rotatable bonds is 4. The van der Waals surface area contributed by atoms with Crippen molar-refractivity contribution in [2.45, 2.75) is 13.5 Å². The van der Waals surface area contributed by atoms with E-state index in [2.05, 4.69) is 20.9 Å². The number of carbonyl (C=O) groups excluding carboxylic acids is 1. The standard InChI is InChI=1S/C11H12ClN5O2/c1-6-4-7(19-17-6)5-14-11(18)10-8(12)2-3-9(15-10)16-13/h2-4H,5,13H2,1H3,(H,14,18)(H,15,16). The van der Waals surface area contributed by atoms with Crippen LogP contribution in [0.25, 0.3) is 0 Å². The number of aromatic nitrogens is 2. The van der Waals surface area contributed by atoms with E-state index in [0.29, 0.717) is 11.6 Å². The Hall–Kier alpha value is -2.12. The fourth-order valence-electron chi connectivity index (χ4n) is 1.43. The summed E-state index contributed by atoms with van der Waals surface area (Å²) in [5, 5.41) is 6.59. The van der Waals surface area contributed by atoms with E-state index in [1.54, 1.807) is 19.1 Å². The number of hydrogen-bond acceptors (Lipinski definition) is 6. The summed E-state index contributed by atoms with van der Waals surface area (Å²) in [6.45, 7) is 2.00. The van der Waals surface area contributed by atoms with Gasteiger partial charge < -0.3 is 15.3 Å². The Kier molecular flexibility index (Phi) is 3.98. The molecular formula is C11H12ClN5O2. The van der Waals surface area contributed by atoms with Crippen LogP contribution in [0.4, 0.5) is 5.82 Å². The molecule has 2 rings (SSSR count). The quantitative estimate of drug-likeness (QED) is 0.575. The first-order valence-corrected chi connectivity index (χ1v) is 5.81. The predicted molar refractivity (Wildman–Crippen MR) is 69.5 cm³/mol. The van der Waals surface area contributed by atoms with Gasteiger partial charge in [0.15, 0.2) is 5.76 Å². The summed E-state index contributed by atoms with van der Waals surface area (Å²) in [7, 11) is 0. The van der Waals surface area contributed by atoms with Crippen molar-refractivity contribution in [2.75, 3.05) is 5.43 Å². The van der Waals surface area contributed by atoms with Gasteiger partial charge in [0.2, 0.25) is 0 Å². The Morgan fingerprint density at radius 3 is 2.95 bits per heavy atom. The monoisotopic (exact) mass is 281 g/mol. The highest BCUT2D eigenvalue weighted by Gasteiger charge is 2.13. The van der Waals surface area contributed by atoms with Crippen LogP contribution in [0.1, 0.15) is 21.9 Å². The van der Waals surface area contributed by atoms with Crippen molar-refractivity contribution in [3.63, 3.8) is 0 Å². The highest BCUT2D eigenvalue weighted by atomic mass is 35.5. The zero-order chi connectivity index (χ0) is 13.8. The van der Waals surface area contributed by atoms with Gasteiger partial charge in [0.05, 0.1) is 17.3 Å². The number of pyridine rings is 1. The molecule has 0 aliphatic carbocycles. The maximum atomic E-state index is 11.9. The predicted octanol–water partition coefficient (Wildman–Crippen LogP) is 1.25. The van der Waals surface area contributed by atoms with Crippen LogP contribution < -0.4 is 16.6 Å². The fourth-order valence-corrected chi connectivity index (χ4v) is 1.62. The molecule has 0 aliphatic rings. The van der Waals surface area contributed by atoms with Crippen LogP contribution in [0.15, 0.2) is 22.7 Å². The van der Waals surface area contributed by atoms with E-state index in [1.807, 2.05) is 0 Å². The summed E-state index contributed by atoms with van der Waals surface area (Å²) in [5.74, 6) is 5.71. The number of halogens is 1. The largest absolute Gasteiger partial charge is 0.359 e. The first-order valence-electron chi connectivity index (χ1n) is 5.43. The molecule has 8 heteroatoms. The normalized spacial score (nSPS) is 10.3. The van der Waals surface area contributed by atoms with Gasteiger partial charge in [-0.25, -0.2) is 10.8 Å². The van der Waals surface area contributed by atoms with Crippen molar-refractivity contribution in [2.24, 2.45) is 5.84 Å². The van der Waals surface area contributed by atoms with Crippen LogP contribution >= 0.6 is 11.6 Å². The summed E-state index contributed by atoms with van der Waals surface area (Å²) in [5.41, 5.74) is 3.18. The molecule has 2 aromatic rings. The Bertz CT molecular complexity index is 599. The van der Waals surface area contributed by atoms with Gasteiger partial charge in [0.1, 0.15) is 11.5 Å². The molecule has 0 aromatic carbocycles. The average molecular weight is 282 g/mol. The zero-order valence-corrected chi connectivity index (χ0v) is 10.9. The molecule has 1 amide bonds. The Morgan fingerprint density at radius 1 is 1.53 bits per heavy atom. The van der Waals surface area contributed by atoms with Crippen LogP contribution in [-0.2, 0) is 6.54 Å². The van der Waals surface area contributed by atoms with Crippen LogP contribution in [0.2, 0.25) is 5.02 Å². The van der Waals surface area contributed by atoms with Gasteiger partial charge in [-0.3, -0.25) is 4.79 Å². The van der Waals surface area contributed by atoms with Gasteiger partial charge in [-0.15, -0.1) is 0 Å². The number of nitrogen functional groups attached to an aromatic ring is 1. The minimum Gasteiger partial charge on any atom is -0.359 e. The van der Waals surface area contributed by atoms with E-state index < -0.39 is 5.91 Å². The smallest absolute Gasteiger partial charge is 0.271 e. The van der Waals surface area contributed by atoms with E-state index in [-0.39, 0.29) is 17.3 Å². The van der Waals surface area contributed by atoms with Crippen LogP contribution in [0, 0.1) is 6.92 Å². The summed E-state index contributed by atoms with van der Waals surface area (Å²) < 4.78 is 4.98. The van der Waals surface area contributed by atoms with Crippen molar-refractivity contribution in [3.05, 3.63) is 40.4 Å². The first-order chi connectivity index (χ1) is 9.10. The van der Waals surface area contributed by atoms with E-state index in [1.165, 1.54) is 6.07 Å². The van der Waals surface area contributed by atoms with E-state index in [4.69, 9.17) is 22.0 Å². The maximum absolute atomic E-state index is 11.9. The number of nitrogens with one attached hydrogen (secondary N) is 2. The zero-order valence-electron chi connectivity index (χ0n) is 10.1. The number of hydrogen-bond donors (Lipinski definition) is 3. The van der Waals surface area contributed by atoms with Gasteiger partial charge in [-0.1, -0.05) is 16.8 Å². The number of hydrazine groups is 1. The van der Waals surface area contributed by atoms with Gasteiger partial charge in [-0.05, 0) is 19.1 Å². The van der Waals surface area contributed by atoms with Crippen LogP contribution in [0.5, 0.6) is 0 Å². The lowest BCUT2D eigenvalue weighted by molar-refractivity contribution is 0.0942. The second-order valence-electron chi connectivity index (χ2n) is 3.79. The Labute approximate surface area is 114 Å². The summed E-state index contributed by atoms with van der Waals surface area (Å²) >= 11 is 5.91. The fraction of sp³-hybridized carbons (Fsp3) is 0.182. The van der Waals surface area contributed by atoms with Crippen molar-refractivity contribution < 1.29 is 9.32 Å². The molecule has 0 unspecified atom stereocenters. The molecule has 0 saturated heterocycles. The minimum atomic E-state index is -0.420. The number of carbonyl (C=O) groups is 1. The summed E-state index contributed by atoms with van der Waals surface area (Å²) in [6, 6.07) is 4.84. The molecule has 7 nitrogen and oxygen atoms in total. The third kappa shape index (κ3) is 3.21. The number of anilines is 1. The molecule has 4 N–H and O–H groups in total. The Balaban J connectivity index is 2.07. The van der Waals surface area contributed by atoms with Crippen molar-refractivity contribution in [1.29, 1.82) is 0 Å². The average Bonchev–Trinajstić information content (AvgIpc) is 2.82. The third-order valence-corrected chi connectivity index (χ3v) is 2.61. The molecule has 2 heterocycles. The molecule has 2 aromatic heterocycles. The van der Waals surface area contributed by atoms with Gasteiger partial charge in [0.25, 0.3) is 5.91 Å². The van der Waals surface area contributed by atoms with Crippen molar-refractivity contribution >= 4 is 23.3 Å². The number of amides is 1. The van der Waals surface area contributed by atoms with Crippen LogP contribution in [-0.4, -0.2) is 16.0 Å². The third-order valence-electron chi connectivity index (χ3n) is 2.31. The summed E-state index contributed by atoms with van der Waals surface area (Å²) in [4.78, 5) is 15.9. The molecule has 0 fully saturated rings. The van der Waals surface area contributed by atoms with Crippen molar-refractivity contribution in [3.8, 4) is 0 Å². The lowest BCUT2D eigenvalue weighted by Gasteiger charge is -2.06. The Morgan fingerprint density at radius 2 is 2.32 bits per heavy atom. The second-order valence-corrected chi connectivity index (χ2v) is 4.20. The maximum Gasteiger partial charge on any atom is 0.271 e. The van der Waals surface area contributed by atoms with Crippen LogP contribution in [0.3, 0.4) is 0 Å². The lowest BCUT2D eigenvalue weighted by Crippen LogP contribution is -2.24. The van der Waals surface area contributed by atoms with Gasteiger partial charge >= 0.3 is 0 Å². The molecule has 19 heavy (non-hydrogen) atoms.